The monoisotopic (exact) mass is 506 g/mol. The Morgan fingerprint density at radius 3 is 2.46 bits per heavy atom. The molecule has 0 spiro atoms. The molecule has 0 saturated carbocycles. The van der Waals surface area contributed by atoms with Crippen molar-refractivity contribution in [1.29, 1.82) is 0 Å². The zero-order chi connectivity index (χ0) is 26.2. The smallest absolute Gasteiger partial charge is 0.125 e. The fraction of sp³-hybridized carbons (Fsp3) is 0.400. The molecule has 0 aliphatic carbocycles. The summed E-state index contributed by atoms with van der Waals surface area (Å²) in [6, 6.07) is 21.9. The number of rotatable bonds is 7. The molecule has 1 saturated heterocycles. The lowest BCUT2D eigenvalue weighted by Gasteiger charge is -2.40. The van der Waals surface area contributed by atoms with E-state index in [1.807, 2.05) is 61.5 Å². The van der Waals surface area contributed by atoms with E-state index in [2.05, 4.69) is 19.1 Å². The molecule has 2 aliphatic rings. The first-order chi connectivity index (χ1) is 17.8. The Labute approximate surface area is 216 Å². The van der Waals surface area contributed by atoms with Gasteiger partial charge in [0, 0.05) is 0 Å². The molecule has 2 aliphatic heterocycles. The van der Waals surface area contributed by atoms with Crippen molar-refractivity contribution in [2.75, 3.05) is 13.2 Å². The maximum Gasteiger partial charge on any atom is 0.125 e. The van der Waals surface area contributed by atoms with Crippen molar-refractivity contribution >= 4 is 0 Å². The van der Waals surface area contributed by atoms with Crippen molar-refractivity contribution in [3.8, 4) is 5.75 Å². The predicted molar refractivity (Wildman–Crippen MR) is 137 cm³/mol. The molecular formula is C30H34O7. The normalized spacial score (nSPS) is 29.2. The Kier molecular flexibility index (Phi) is 7.36. The van der Waals surface area contributed by atoms with Crippen LogP contribution < -0.4 is 4.74 Å². The summed E-state index contributed by atoms with van der Waals surface area (Å²) >= 11 is 0. The van der Waals surface area contributed by atoms with Crippen LogP contribution in [0.4, 0.5) is 0 Å². The number of aliphatic hydroxyl groups excluding tert-OH is 4. The molecule has 6 atom stereocenters. The minimum atomic E-state index is -1.40. The van der Waals surface area contributed by atoms with E-state index in [4.69, 9.17) is 14.2 Å². The van der Waals surface area contributed by atoms with Crippen LogP contribution in [0.25, 0.3) is 0 Å². The first-order valence-electron chi connectivity index (χ1n) is 12.6. The molecule has 7 nitrogen and oxygen atoms in total. The van der Waals surface area contributed by atoms with Crippen LogP contribution in [0.3, 0.4) is 0 Å². The molecule has 0 bridgehead atoms. The fourth-order valence-electron chi connectivity index (χ4n) is 5.18. The summed E-state index contributed by atoms with van der Waals surface area (Å²) in [5, 5.41) is 40.3. The summed E-state index contributed by atoms with van der Waals surface area (Å²) in [5.41, 5.74) is 5.80. The Morgan fingerprint density at radius 1 is 0.946 bits per heavy atom. The third-order valence-electron chi connectivity index (χ3n) is 7.56. The van der Waals surface area contributed by atoms with Gasteiger partial charge in [0.15, 0.2) is 0 Å². The average molecular weight is 507 g/mol. The van der Waals surface area contributed by atoms with Gasteiger partial charge in [-0.05, 0) is 65.8 Å². The van der Waals surface area contributed by atoms with E-state index in [1.165, 1.54) is 11.1 Å². The van der Waals surface area contributed by atoms with E-state index in [-0.39, 0.29) is 0 Å². The third kappa shape index (κ3) is 5.16. The van der Waals surface area contributed by atoms with Crippen LogP contribution in [-0.2, 0) is 28.1 Å². The highest BCUT2D eigenvalue weighted by atomic mass is 16.6. The van der Waals surface area contributed by atoms with Crippen molar-refractivity contribution in [2.24, 2.45) is 0 Å². The summed E-state index contributed by atoms with van der Waals surface area (Å²) in [7, 11) is 0. The zero-order valence-corrected chi connectivity index (χ0v) is 21.1. The summed E-state index contributed by atoms with van der Waals surface area (Å²) in [5.74, 6) is 0.768. The van der Waals surface area contributed by atoms with Gasteiger partial charge in [0.1, 0.15) is 48.5 Å². The minimum absolute atomic E-state index is 0.420. The molecular weight excluding hydrogens is 472 g/mol. The minimum Gasteiger partial charge on any atom is -0.490 e. The van der Waals surface area contributed by atoms with Crippen LogP contribution in [0.15, 0.2) is 66.7 Å². The first kappa shape index (κ1) is 25.9. The Balaban J connectivity index is 1.26. The molecule has 2 heterocycles. The van der Waals surface area contributed by atoms with Gasteiger partial charge in [0.2, 0.25) is 0 Å². The fourth-order valence-corrected chi connectivity index (χ4v) is 5.18. The van der Waals surface area contributed by atoms with E-state index in [9.17, 15) is 20.4 Å². The van der Waals surface area contributed by atoms with Crippen molar-refractivity contribution in [2.45, 2.75) is 63.0 Å². The van der Waals surface area contributed by atoms with Crippen LogP contribution in [0, 0.1) is 6.92 Å². The lowest BCUT2D eigenvalue weighted by atomic mass is 9.89. The summed E-state index contributed by atoms with van der Waals surface area (Å²) in [6.45, 7) is 4.63. The van der Waals surface area contributed by atoms with Crippen LogP contribution in [-0.4, -0.2) is 58.1 Å². The van der Waals surface area contributed by atoms with Crippen molar-refractivity contribution < 1.29 is 34.6 Å². The molecule has 0 aromatic heterocycles. The summed E-state index contributed by atoms with van der Waals surface area (Å²) in [6.07, 6.45) is -5.22. The number of aryl methyl sites for hydroxylation is 1. The molecule has 0 amide bonds. The Morgan fingerprint density at radius 2 is 1.70 bits per heavy atom. The number of aliphatic hydroxyl groups is 4. The first-order valence-corrected chi connectivity index (χ1v) is 12.6. The molecule has 196 valence electrons. The topological polar surface area (TPSA) is 109 Å². The standard InChI is InChI=1S/C30H34O7/c1-18-7-10-20(29-28(34)27(33)26(32)25(15-31)37-29)14-22(18)13-19-8-11-23(12-9-19)35-17-30(2)24-6-4-3-5-21(24)16-36-30/h3-12,14,25-29,31-34H,13,15-17H2,1-2H3/t25-,26-,27+,28-,29+,30?/m1/s1. The third-order valence-corrected chi connectivity index (χ3v) is 7.56. The largest absolute Gasteiger partial charge is 0.490 e. The number of hydrogen-bond acceptors (Lipinski definition) is 7. The predicted octanol–water partition coefficient (Wildman–Crippen LogP) is 2.93. The molecule has 1 unspecified atom stereocenters. The molecule has 7 heteroatoms. The second-order valence-electron chi connectivity index (χ2n) is 10.2. The highest BCUT2D eigenvalue weighted by Gasteiger charge is 2.44. The molecule has 1 fully saturated rings. The van der Waals surface area contributed by atoms with Gasteiger partial charge in [-0.1, -0.05) is 54.6 Å². The molecule has 3 aromatic carbocycles. The van der Waals surface area contributed by atoms with Gasteiger partial charge in [-0.3, -0.25) is 0 Å². The second-order valence-corrected chi connectivity index (χ2v) is 10.2. The van der Waals surface area contributed by atoms with Crippen LogP contribution in [0.5, 0.6) is 5.75 Å². The maximum atomic E-state index is 10.5. The van der Waals surface area contributed by atoms with Crippen LogP contribution in [0.1, 0.15) is 46.4 Å². The Bertz CT molecular complexity index is 1220. The molecule has 3 aromatic rings. The number of hydrogen-bond donors (Lipinski definition) is 4. The highest BCUT2D eigenvalue weighted by Crippen LogP contribution is 2.37. The van der Waals surface area contributed by atoms with Gasteiger partial charge in [-0.15, -0.1) is 0 Å². The van der Waals surface area contributed by atoms with Gasteiger partial charge in [-0.2, -0.15) is 0 Å². The molecule has 0 radical (unpaired) electrons. The van der Waals surface area contributed by atoms with Gasteiger partial charge in [-0.25, -0.2) is 0 Å². The van der Waals surface area contributed by atoms with E-state index >= 15 is 0 Å². The molecule has 5 rings (SSSR count). The Hall–Kier alpha value is -2.78. The van der Waals surface area contributed by atoms with Crippen molar-refractivity contribution in [3.05, 3.63) is 100 Å². The van der Waals surface area contributed by atoms with E-state index in [0.717, 1.165) is 22.4 Å². The SMILES string of the molecule is Cc1ccc([C@@H]2O[C@H](CO)[C@@H](O)[C@H](O)[C@H]2O)cc1Cc1ccc(OCC2(C)OCc3ccccc32)cc1. The van der Waals surface area contributed by atoms with Crippen LogP contribution >= 0.6 is 0 Å². The highest BCUT2D eigenvalue weighted by molar-refractivity contribution is 5.39. The lowest BCUT2D eigenvalue weighted by Crippen LogP contribution is -2.55. The van der Waals surface area contributed by atoms with Crippen molar-refractivity contribution in [3.63, 3.8) is 0 Å². The van der Waals surface area contributed by atoms with E-state index < -0.39 is 42.7 Å². The molecule has 37 heavy (non-hydrogen) atoms. The number of benzene rings is 3. The maximum absolute atomic E-state index is 10.5. The second kappa shape index (κ2) is 10.5. The van der Waals surface area contributed by atoms with E-state index in [1.54, 1.807) is 0 Å². The number of fused-ring (bicyclic) bond motifs is 1. The zero-order valence-electron chi connectivity index (χ0n) is 21.1. The van der Waals surface area contributed by atoms with Gasteiger partial charge >= 0.3 is 0 Å². The average Bonchev–Trinajstić information content (AvgIpc) is 3.25. The lowest BCUT2D eigenvalue weighted by molar-refractivity contribution is -0.231. The number of ether oxygens (including phenoxy) is 3. The summed E-state index contributed by atoms with van der Waals surface area (Å²) in [4.78, 5) is 0. The van der Waals surface area contributed by atoms with Gasteiger partial charge < -0.3 is 34.6 Å². The van der Waals surface area contributed by atoms with E-state index in [0.29, 0.717) is 25.2 Å². The van der Waals surface area contributed by atoms with Gasteiger partial charge in [0.05, 0.1) is 13.2 Å². The van der Waals surface area contributed by atoms with Crippen molar-refractivity contribution in [1.82, 2.24) is 0 Å². The van der Waals surface area contributed by atoms with Crippen LogP contribution in [0.2, 0.25) is 0 Å². The molecule has 4 N–H and O–H groups in total. The van der Waals surface area contributed by atoms with Gasteiger partial charge in [0.25, 0.3) is 0 Å². The quantitative estimate of drug-likeness (QED) is 0.390. The summed E-state index contributed by atoms with van der Waals surface area (Å²) < 4.78 is 17.9.